The van der Waals surface area contributed by atoms with Gasteiger partial charge < -0.3 is 14.6 Å². The first-order chi connectivity index (χ1) is 13.1. The zero-order valence-corrected chi connectivity index (χ0v) is 16.7. The van der Waals surface area contributed by atoms with Gasteiger partial charge in [0.05, 0.1) is 6.54 Å². The molecule has 0 saturated heterocycles. The van der Waals surface area contributed by atoms with Gasteiger partial charge in [0.1, 0.15) is 5.75 Å². The highest BCUT2D eigenvalue weighted by molar-refractivity contribution is 9.10. The normalized spacial score (nSPS) is 11.8. The van der Waals surface area contributed by atoms with E-state index in [1.165, 1.54) is 0 Å². The minimum atomic E-state index is -0.585. The molecule has 0 aliphatic heterocycles. The zero-order chi connectivity index (χ0) is 19.2. The first-order valence-corrected chi connectivity index (χ1v) is 9.44. The van der Waals surface area contributed by atoms with Gasteiger partial charge in [-0.25, -0.2) is 0 Å². The Labute approximate surface area is 166 Å². The summed E-state index contributed by atoms with van der Waals surface area (Å²) >= 11 is 3.41. The Bertz CT molecular complexity index is 926. The van der Waals surface area contributed by atoms with Crippen LogP contribution in [0.3, 0.4) is 0 Å². The highest BCUT2D eigenvalue weighted by atomic mass is 79.9. The van der Waals surface area contributed by atoms with Crippen molar-refractivity contribution in [3.05, 3.63) is 64.5 Å². The maximum atomic E-state index is 12.5. The molecule has 3 aromatic rings. The topological polar surface area (TPSA) is 77.2 Å². The summed E-state index contributed by atoms with van der Waals surface area (Å²) < 4.78 is 12.0. The van der Waals surface area contributed by atoms with Crippen LogP contribution < -0.4 is 10.1 Å². The highest BCUT2D eigenvalue weighted by Gasteiger charge is 2.20. The van der Waals surface area contributed by atoms with E-state index >= 15 is 0 Å². The molecule has 1 amide bonds. The van der Waals surface area contributed by atoms with E-state index in [4.69, 9.17) is 9.26 Å². The van der Waals surface area contributed by atoms with Gasteiger partial charge in [0.25, 0.3) is 5.91 Å². The van der Waals surface area contributed by atoms with Gasteiger partial charge in [-0.15, -0.1) is 0 Å². The van der Waals surface area contributed by atoms with Crippen LogP contribution in [0.1, 0.15) is 24.8 Å². The van der Waals surface area contributed by atoms with E-state index in [-0.39, 0.29) is 12.5 Å². The van der Waals surface area contributed by atoms with E-state index in [0.717, 1.165) is 15.6 Å². The summed E-state index contributed by atoms with van der Waals surface area (Å²) in [6.45, 7) is 4.00. The van der Waals surface area contributed by atoms with Crippen LogP contribution in [0.2, 0.25) is 0 Å². The van der Waals surface area contributed by atoms with Crippen LogP contribution in [-0.4, -0.2) is 22.2 Å². The third kappa shape index (κ3) is 4.95. The molecule has 0 saturated carbocycles. The van der Waals surface area contributed by atoms with Crippen LogP contribution in [0.15, 0.2) is 57.5 Å². The van der Waals surface area contributed by atoms with Gasteiger partial charge in [0.2, 0.25) is 11.7 Å². The number of carbonyl (C=O) groups is 1. The number of halogens is 1. The Morgan fingerprint density at radius 2 is 2.07 bits per heavy atom. The zero-order valence-electron chi connectivity index (χ0n) is 15.1. The molecular weight excluding hydrogens is 410 g/mol. The van der Waals surface area contributed by atoms with Crippen molar-refractivity contribution < 1.29 is 14.1 Å². The van der Waals surface area contributed by atoms with E-state index < -0.39 is 6.10 Å². The van der Waals surface area contributed by atoms with Gasteiger partial charge in [-0.2, -0.15) is 4.98 Å². The molecule has 0 fully saturated rings. The van der Waals surface area contributed by atoms with E-state index in [1.54, 1.807) is 0 Å². The first-order valence-electron chi connectivity index (χ1n) is 8.65. The molecule has 1 heterocycles. The number of ether oxygens (including phenoxy) is 1. The molecule has 0 spiro atoms. The molecule has 3 rings (SSSR count). The minimum Gasteiger partial charge on any atom is -0.480 e. The Balaban J connectivity index is 1.60. The second-order valence-corrected chi connectivity index (χ2v) is 6.94. The van der Waals surface area contributed by atoms with Crippen LogP contribution in [0, 0.1) is 6.92 Å². The average Bonchev–Trinajstić information content (AvgIpc) is 3.14. The molecule has 1 unspecified atom stereocenters. The first kappa shape index (κ1) is 19.1. The van der Waals surface area contributed by atoms with Gasteiger partial charge in [0.15, 0.2) is 6.10 Å². The average molecular weight is 430 g/mol. The molecule has 6 nitrogen and oxygen atoms in total. The predicted molar refractivity (Wildman–Crippen MR) is 105 cm³/mol. The van der Waals surface area contributed by atoms with Crippen LogP contribution in [0.25, 0.3) is 11.4 Å². The number of para-hydroxylation sites is 1. The smallest absolute Gasteiger partial charge is 0.261 e. The molecule has 1 N–H and O–H groups in total. The van der Waals surface area contributed by atoms with Crippen molar-refractivity contribution in [2.45, 2.75) is 32.9 Å². The fraction of sp³-hybridized carbons (Fsp3) is 0.250. The summed E-state index contributed by atoms with van der Waals surface area (Å²) in [6.07, 6.45) is -0.0358. The lowest BCUT2D eigenvalue weighted by molar-refractivity contribution is -0.128. The van der Waals surface area contributed by atoms with Crippen molar-refractivity contribution in [3.8, 4) is 17.1 Å². The Morgan fingerprint density at radius 3 is 2.81 bits per heavy atom. The van der Waals surface area contributed by atoms with Gasteiger partial charge in [0, 0.05) is 10.0 Å². The maximum absolute atomic E-state index is 12.5. The molecule has 0 bridgehead atoms. The third-order valence-corrected chi connectivity index (χ3v) is 4.48. The molecule has 7 heteroatoms. The number of hydrogen-bond donors (Lipinski definition) is 1. The number of amides is 1. The number of hydrogen-bond acceptors (Lipinski definition) is 5. The lowest BCUT2D eigenvalue weighted by atomic mass is 10.2. The molecule has 2 aromatic carbocycles. The SMILES string of the molecule is CCC(Oc1ccccc1C)C(=O)NCc1nc(-c2cccc(Br)c2)no1. The van der Waals surface area contributed by atoms with Crippen LogP contribution in [0.5, 0.6) is 5.75 Å². The van der Waals surface area contributed by atoms with Crippen molar-refractivity contribution >= 4 is 21.8 Å². The van der Waals surface area contributed by atoms with Crippen LogP contribution in [0.4, 0.5) is 0 Å². The second-order valence-electron chi connectivity index (χ2n) is 6.02. The largest absolute Gasteiger partial charge is 0.480 e. The third-order valence-electron chi connectivity index (χ3n) is 3.99. The van der Waals surface area contributed by atoms with Gasteiger partial charge in [-0.05, 0) is 37.1 Å². The number of aryl methyl sites for hydroxylation is 1. The van der Waals surface area contributed by atoms with Crippen LogP contribution in [-0.2, 0) is 11.3 Å². The molecule has 0 aliphatic carbocycles. The van der Waals surface area contributed by atoms with E-state index in [2.05, 4.69) is 31.4 Å². The fourth-order valence-electron chi connectivity index (χ4n) is 2.51. The monoisotopic (exact) mass is 429 g/mol. The van der Waals surface area contributed by atoms with Gasteiger partial charge >= 0.3 is 0 Å². The molecule has 0 radical (unpaired) electrons. The maximum Gasteiger partial charge on any atom is 0.261 e. The molecule has 1 atom stereocenters. The fourth-order valence-corrected chi connectivity index (χ4v) is 2.91. The number of benzene rings is 2. The number of aromatic nitrogens is 2. The number of rotatable bonds is 7. The predicted octanol–water partition coefficient (Wildman–Crippen LogP) is 4.28. The number of carbonyl (C=O) groups excluding carboxylic acids is 1. The van der Waals surface area contributed by atoms with Gasteiger partial charge in [-0.1, -0.05) is 58.3 Å². The highest BCUT2D eigenvalue weighted by Crippen LogP contribution is 2.21. The minimum absolute atomic E-state index is 0.146. The van der Waals surface area contributed by atoms with Crippen molar-refractivity contribution in [2.24, 2.45) is 0 Å². The van der Waals surface area contributed by atoms with Crippen LogP contribution >= 0.6 is 15.9 Å². The summed E-state index contributed by atoms with van der Waals surface area (Å²) in [4.78, 5) is 16.8. The number of nitrogens with zero attached hydrogens (tertiary/aromatic N) is 2. The Morgan fingerprint density at radius 1 is 1.26 bits per heavy atom. The summed E-state index contributed by atoms with van der Waals surface area (Å²) in [5.41, 5.74) is 1.82. The summed E-state index contributed by atoms with van der Waals surface area (Å²) in [5, 5.41) is 6.76. The number of nitrogens with one attached hydrogen (secondary N) is 1. The van der Waals surface area contributed by atoms with E-state index in [0.29, 0.717) is 23.9 Å². The quantitative estimate of drug-likeness (QED) is 0.606. The second kappa shape index (κ2) is 8.81. The lowest BCUT2D eigenvalue weighted by Gasteiger charge is -2.18. The molecule has 140 valence electrons. The van der Waals surface area contributed by atoms with Crippen molar-refractivity contribution in [2.75, 3.05) is 0 Å². The van der Waals surface area contributed by atoms with Gasteiger partial charge in [-0.3, -0.25) is 4.79 Å². The summed E-state index contributed by atoms with van der Waals surface area (Å²) in [5.74, 6) is 1.30. The summed E-state index contributed by atoms with van der Waals surface area (Å²) in [6, 6.07) is 15.2. The van der Waals surface area contributed by atoms with Crippen molar-refractivity contribution in [3.63, 3.8) is 0 Å². The molecule has 1 aromatic heterocycles. The van der Waals surface area contributed by atoms with Crippen molar-refractivity contribution in [1.29, 1.82) is 0 Å². The van der Waals surface area contributed by atoms with Crippen molar-refractivity contribution in [1.82, 2.24) is 15.5 Å². The summed E-state index contributed by atoms with van der Waals surface area (Å²) in [7, 11) is 0. The molecular formula is C20H20BrN3O3. The molecule has 27 heavy (non-hydrogen) atoms. The lowest BCUT2D eigenvalue weighted by Crippen LogP contribution is -2.37. The van der Waals surface area contributed by atoms with E-state index in [9.17, 15) is 4.79 Å². The van der Waals surface area contributed by atoms with E-state index in [1.807, 2.05) is 62.4 Å². The molecule has 0 aliphatic rings. The standard InChI is InChI=1S/C20H20BrN3O3/c1-3-16(26-17-10-5-4-7-13(17)2)20(25)22-12-18-23-19(24-27-18)14-8-6-9-15(21)11-14/h4-11,16H,3,12H2,1-2H3,(H,22,25). The Hall–Kier alpha value is -2.67. The Kier molecular flexibility index (Phi) is 6.24.